The molecule has 3 N–H and O–H groups in total. The molecule has 1 saturated carbocycles. The zero-order valence-electron chi connectivity index (χ0n) is 13.6. The van der Waals surface area contributed by atoms with Crippen LogP contribution in [0.25, 0.3) is 10.6 Å². The van der Waals surface area contributed by atoms with Crippen LogP contribution in [-0.2, 0) is 6.42 Å². The summed E-state index contributed by atoms with van der Waals surface area (Å²) in [6.45, 7) is 0.857. The molecule has 0 bridgehead atoms. The van der Waals surface area contributed by atoms with E-state index >= 15 is 0 Å². The summed E-state index contributed by atoms with van der Waals surface area (Å²) in [6.07, 6.45) is 4.31. The lowest BCUT2D eigenvalue weighted by atomic mass is 10.0. The van der Waals surface area contributed by atoms with Crippen molar-refractivity contribution in [3.05, 3.63) is 41.4 Å². The minimum atomic E-state index is -0.711. The van der Waals surface area contributed by atoms with Gasteiger partial charge in [-0.2, -0.15) is 0 Å². The van der Waals surface area contributed by atoms with Gasteiger partial charge >= 0.3 is 6.03 Å². The number of nitrogens with one attached hydrogen (secondary N) is 2. The Hall–Kier alpha value is -1.92. The molecule has 3 rings (SSSR count). The largest absolute Gasteiger partial charge is 0.388 e. The van der Waals surface area contributed by atoms with Crippen LogP contribution >= 0.6 is 11.3 Å². The molecule has 1 aromatic heterocycles. The zero-order valence-corrected chi connectivity index (χ0v) is 14.4. The number of benzene rings is 1. The quantitative estimate of drug-likeness (QED) is 0.753. The fourth-order valence-electron chi connectivity index (χ4n) is 2.96. The summed E-state index contributed by atoms with van der Waals surface area (Å²) < 4.78 is 0. The molecule has 2 amide bonds. The van der Waals surface area contributed by atoms with E-state index in [4.69, 9.17) is 0 Å². The van der Waals surface area contributed by atoms with Gasteiger partial charge in [-0.3, -0.25) is 0 Å². The number of nitrogens with zero attached hydrogens (tertiary/aromatic N) is 1. The van der Waals surface area contributed by atoms with Crippen molar-refractivity contribution in [2.45, 2.75) is 37.7 Å². The smallest absolute Gasteiger partial charge is 0.314 e. The van der Waals surface area contributed by atoms with E-state index in [0.29, 0.717) is 19.5 Å². The van der Waals surface area contributed by atoms with Gasteiger partial charge in [0, 0.05) is 30.5 Å². The molecule has 1 aromatic carbocycles. The molecule has 24 heavy (non-hydrogen) atoms. The molecule has 0 saturated heterocycles. The first-order chi connectivity index (χ1) is 11.6. The van der Waals surface area contributed by atoms with Crippen molar-refractivity contribution in [2.75, 3.05) is 13.1 Å². The number of thiazole rings is 1. The Kier molecular flexibility index (Phi) is 5.48. The van der Waals surface area contributed by atoms with Crippen LogP contribution in [0.3, 0.4) is 0 Å². The Labute approximate surface area is 146 Å². The van der Waals surface area contributed by atoms with E-state index in [1.165, 1.54) is 0 Å². The number of carbonyl (C=O) groups excluding carboxylic acids is 1. The highest BCUT2D eigenvalue weighted by Gasteiger charge is 2.31. The van der Waals surface area contributed by atoms with Crippen molar-refractivity contribution in [3.63, 3.8) is 0 Å². The van der Waals surface area contributed by atoms with E-state index in [2.05, 4.69) is 15.6 Å². The molecule has 5 nitrogen and oxygen atoms in total. The molecule has 0 spiro atoms. The maximum atomic E-state index is 11.8. The number of aliphatic hydroxyl groups is 1. The van der Waals surface area contributed by atoms with Gasteiger partial charge < -0.3 is 15.7 Å². The van der Waals surface area contributed by atoms with E-state index in [1.54, 1.807) is 11.3 Å². The summed E-state index contributed by atoms with van der Waals surface area (Å²) in [7, 11) is 0. The van der Waals surface area contributed by atoms with Crippen molar-refractivity contribution < 1.29 is 9.90 Å². The lowest BCUT2D eigenvalue weighted by molar-refractivity contribution is 0.0501. The molecule has 6 heteroatoms. The molecule has 1 heterocycles. The van der Waals surface area contributed by atoms with Gasteiger partial charge in [-0.25, -0.2) is 9.78 Å². The number of urea groups is 1. The second-order valence-electron chi connectivity index (χ2n) is 6.30. The number of hydrogen-bond acceptors (Lipinski definition) is 4. The van der Waals surface area contributed by atoms with E-state index in [-0.39, 0.29) is 6.03 Å². The Balaban J connectivity index is 1.40. The first kappa shape index (κ1) is 16.9. The number of rotatable bonds is 6. The van der Waals surface area contributed by atoms with Crippen LogP contribution in [0.1, 0.15) is 31.4 Å². The molecule has 0 atom stereocenters. The van der Waals surface area contributed by atoms with Crippen molar-refractivity contribution in [1.82, 2.24) is 15.6 Å². The van der Waals surface area contributed by atoms with E-state index < -0.39 is 5.60 Å². The summed E-state index contributed by atoms with van der Waals surface area (Å²) in [5.74, 6) is 0. The second-order valence-corrected chi connectivity index (χ2v) is 7.16. The van der Waals surface area contributed by atoms with E-state index in [0.717, 1.165) is 41.9 Å². The van der Waals surface area contributed by atoms with Gasteiger partial charge in [0.1, 0.15) is 5.01 Å². The van der Waals surface area contributed by atoms with Gasteiger partial charge in [0.2, 0.25) is 0 Å². The highest BCUT2D eigenvalue weighted by molar-refractivity contribution is 7.13. The maximum absolute atomic E-state index is 11.8. The third kappa shape index (κ3) is 4.55. The molecule has 1 fully saturated rings. The lowest BCUT2D eigenvalue weighted by Gasteiger charge is -2.22. The van der Waals surface area contributed by atoms with Crippen molar-refractivity contribution in [2.24, 2.45) is 0 Å². The highest BCUT2D eigenvalue weighted by atomic mass is 32.1. The zero-order chi connectivity index (χ0) is 16.8. The van der Waals surface area contributed by atoms with Crippen LogP contribution in [0.2, 0.25) is 0 Å². The van der Waals surface area contributed by atoms with Gasteiger partial charge in [0.05, 0.1) is 11.3 Å². The Morgan fingerprint density at radius 3 is 2.71 bits per heavy atom. The van der Waals surface area contributed by atoms with Crippen LogP contribution in [-0.4, -0.2) is 34.8 Å². The third-order valence-electron chi connectivity index (χ3n) is 4.35. The fraction of sp³-hybridized carbons (Fsp3) is 0.444. The third-order valence-corrected chi connectivity index (χ3v) is 5.29. The maximum Gasteiger partial charge on any atom is 0.314 e. The molecule has 1 aliphatic rings. The summed E-state index contributed by atoms with van der Waals surface area (Å²) in [5.41, 5.74) is 1.38. The Morgan fingerprint density at radius 2 is 1.96 bits per heavy atom. The first-order valence-corrected chi connectivity index (χ1v) is 9.27. The first-order valence-electron chi connectivity index (χ1n) is 8.39. The monoisotopic (exact) mass is 345 g/mol. The summed E-state index contributed by atoms with van der Waals surface area (Å²) in [5, 5.41) is 18.8. The summed E-state index contributed by atoms with van der Waals surface area (Å²) in [6, 6.07) is 9.85. The van der Waals surface area contributed by atoms with Crippen LogP contribution < -0.4 is 10.6 Å². The molecule has 0 radical (unpaired) electrons. The number of aromatic nitrogens is 1. The minimum absolute atomic E-state index is 0.228. The highest BCUT2D eigenvalue weighted by Crippen LogP contribution is 2.28. The molecule has 0 unspecified atom stereocenters. The second kappa shape index (κ2) is 7.77. The fourth-order valence-corrected chi connectivity index (χ4v) is 3.82. The topological polar surface area (TPSA) is 74.2 Å². The predicted molar refractivity (Wildman–Crippen MR) is 96.1 cm³/mol. The minimum Gasteiger partial charge on any atom is -0.388 e. The molecule has 0 aliphatic heterocycles. The van der Waals surface area contributed by atoms with Crippen molar-refractivity contribution >= 4 is 17.4 Å². The van der Waals surface area contributed by atoms with Crippen LogP contribution in [0.4, 0.5) is 4.79 Å². The molecule has 1 aliphatic carbocycles. The molecular weight excluding hydrogens is 322 g/mol. The number of amides is 2. The van der Waals surface area contributed by atoms with Crippen LogP contribution in [0.5, 0.6) is 0 Å². The van der Waals surface area contributed by atoms with Gasteiger partial charge in [-0.05, 0) is 12.8 Å². The van der Waals surface area contributed by atoms with E-state index in [1.807, 2.05) is 35.7 Å². The standard InChI is InChI=1S/C18H23N3O2S/c22-17(20-13-18(23)9-4-5-10-18)19-11-8-15-12-24-16(21-15)14-6-2-1-3-7-14/h1-3,6-7,12,23H,4-5,8-11,13H2,(H2,19,20,22). The summed E-state index contributed by atoms with van der Waals surface area (Å²) >= 11 is 1.62. The Bertz CT molecular complexity index is 666. The SMILES string of the molecule is O=C(NCCc1csc(-c2ccccc2)n1)NCC1(O)CCCC1. The lowest BCUT2D eigenvalue weighted by Crippen LogP contribution is -2.45. The van der Waals surface area contributed by atoms with E-state index in [9.17, 15) is 9.90 Å². The summed E-state index contributed by atoms with van der Waals surface area (Å²) in [4.78, 5) is 16.4. The normalized spacial score (nSPS) is 16.0. The van der Waals surface area contributed by atoms with Gasteiger partial charge in [0.15, 0.2) is 0 Å². The Morgan fingerprint density at radius 1 is 1.21 bits per heavy atom. The van der Waals surface area contributed by atoms with Gasteiger partial charge in [-0.1, -0.05) is 43.2 Å². The average molecular weight is 345 g/mol. The number of carbonyl (C=O) groups is 1. The molecule has 2 aromatic rings. The van der Waals surface area contributed by atoms with Crippen molar-refractivity contribution in [3.8, 4) is 10.6 Å². The van der Waals surface area contributed by atoms with Crippen LogP contribution in [0, 0.1) is 0 Å². The van der Waals surface area contributed by atoms with Gasteiger partial charge in [-0.15, -0.1) is 11.3 Å². The molecule has 128 valence electrons. The predicted octanol–water partition coefficient (Wildman–Crippen LogP) is 2.96. The van der Waals surface area contributed by atoms with Crippen molar-refractivity contribution in [1.29, 1.82) is 0 Å². The van der Waals surface area contributed by atoms with Gasteiger partial charge in [0.25, 0.3) is 0 Å². The average Bonchev–Trinajstić information content (AvgIpc) is 3.24. The van der Waals surface area contributed by atoms with Crippen LogP contribution in [0.15, 0.2) is 35.7 Å². The number of hydrogen-bond donors (Lipinski definition) is 3. The molecular formula is C18H23N3O2S.